The van der Waals surface area contributed by atoms with Crippen LogP contribution in [0.2, 0.25) is 0 Å². The summed E-state index contributed by atoms with van der Waals surface area (Å²) in [6.45, 7) is 1.87. The highest BCUT2D eigenvalue weighted by molar-refractivity contribution is 5.85. The second kappa shape index (κ2) is 4.80. The molecule has 0 saturated heterocycles. The van der Waals surface area contributed by atoms with Crippen molar-refractivity contribution in [2.75, 3.05) is 0 Å². The van der Waals surface area contributed by atoms with E-state index in [2.05, 4.69) is 4.98 Å². The number of aromatic nitrogens is 1. The van der Waals surface area contributed by atoms with E-state index in [-0.39, 0.29) is 18.4 Å². The summed E-state index contributed by atoms with van der Waals surface area (Å²) in [4.78, 5) is 2.90. The predicted octanol–water partition coefficient (Wildman–Crippen LogP) is 2.76. The van der Waals surface area contributed by atoms with Gasteiger partial charge >= 0.3 is 0 Å². The number of aromatic amines is 1. The smallest absolute Gasteiger partial charge is 0.160 e. The number of halogens is 3. The van der Waals surface area contributed by atoms with E-state index >= 15 is 0 Å². The van der Waals surface area contributed by atoms with Gasteiger partial charge in [-0.1, -0.05) is 0 Å². The van der Waals surface area contributed by atoms with Gasteiger partial charge in [0.25, 0.3) is 0 Å². The van der Waals surface area contributed by atoms with Gasteiger partial charge in [0.1, 0.15) is 0 Å². The maximum atomic E-state index is 13.0. The fourth-order valence-electron chi connectivity index (χ4n) is 1.69. The molecule has 1 aromatic heterocycles. The first-order valence-electron chi connectivity index (χ1n) is 4.78. The maximum absolute atomic E-state index is 13.0. The molecule has 0 aliphatic rings. The Morgan fingerprint density at radius 2 is 1.94 bits per heavy atom. The summed E-state index contributed by atoms with van der Waals surface area (Å²) in [7, 11) is 0. The molecule has 0 fully saturated rings. The molecular formula is C11H13ClF2N2. The molecule has 5 heteroatoms. The standard InChI is InChI=1S/C11H12F2N2.ClH/c1-6(14)2-7-5-15-11-4-10(13)9(12)3-8(7)11;/h3-6,15H,2,14H2,1H3;1H. The van der Waals surface area contributed by atoms with Crippen LogP contribution < -0.4 is 5.73 Å². The van der Waals surface area contributed by atoms with E-state index in [1.54, 1.807) is 6.20 Å². The average Bonchev–Trinajstić information content (AvgIpc) is 2.49. The normalized spacial score (nSPS) is 12.5. The first-order valence-corrected chi connectivity index (χ1v) is 4.78. The summed E-state index contributed by atoms with van der Waals surface area (Å²) in [5.74, 6) is -1.66. The summed E-state index contributed by atoms with van der Waals surface area (Å²) in [6, 6.07) is 2.37. The van der Waals surface area contributed by atoms with Crippen LogP contribution in [0.5, 0.6) is 0 Å². The fraction of sp³-hybridized carbons (Fsp3) is 0.273. The van der Waals surface area contributed by atoms with Crippen LogP contribution >= 0.6 is 12.4 Å². The van der Waals surface area contributed by atoms with E-state index in [0.29, 0.717) is 17.3 Å². The van der Waals surface area contributed by atoms with Gasteiger partial charge in [-0.2, -0.15) is 0 Å². The van der Waals surface area contributed by atoms with E-state index in [4.69, 9.17) is 5.73 Å². The van der Waals surface area contributed by atoms with Crippen LogP contribution in [0.15, 0.2) is 18.3 Å². The van der Waals surface area contributed by atoms with Gasteiger partial charge in [-0.25, -0.2) is 8.78 Å². The van der Waals surface area contributed by atoms with E-state index in [9.17, 15) is 8.78 Å². The molecule has 0 spiro atoms. The number of nitrogens with one attached hydrogen (secondary N) is 1. The molecule has 0 amide bonds. The zero-order chi connectivity index (χ0) is 11.0. The van der Waals surface area contributed by atoms with Crippen molar-refractivity contribution in [3.05, 3.63) is 35.5 Å². The molecule has 1 unspecified atom stereocenters. The van der Waals surface area contributed by atoms with Crippen molar-refractivity contribution < 1.29 is 8.78 Å². The van der Waals surface area contributed by atoms with Crippen molar-refractivity contribution in [1.82, 2.24) is 4.98 Å². The van der Waals surface area contributed by atoms with Crippen LogP contribution in [0.4, 0.5) is 8.78 Å². The van der Waals surface area contributed by atoms with Crippen LogP contribution in [0.1, 0.15) is 12.5 Å². The zero-order valence-corrected chi connectivity index (χ0v) is 9.57. The van der Waals surface area contributed by atoms with Gasteiger partial charge in [-0.05, 0) is 25.0 Å². The summed E-state index contributed by atoms with van der Waals surface area (Å²) in [6.07, 6.45) is 2.39. The number of benzene rings is 1. The molecule has 0 radical (unpaired) electrons. The molecule has 88 valence electrons. The molecular weight excluding hydrogens is 234 g/mol. The van der Waals surface area contributed by atoms with Crippen molar-refractivity contribution in [2.24, 2.45) is 5.73 Å². The number of fused-ring (bicyclic) bond motifs is 1. The number of H-pyrrole nitrogens is 1. The molecule has 0 aliphatic carbocycles. The molecule has 16 heavy (non-hydrogen) atoms. The number of nitrogens with two attached hydrogens (primary N) is 1. The van der Waals surface area contributed by atoms with Crippen molar-refractivity contribution in [1.29, 1.82) is 0 Å². The second-order valence-electron chi connectivity index (χ2n) is 3.81. The highest BCUT2D eigenvalue weighted by atomic mass is 35.5. The van der Waals surface area contributed by atoms with Crippen molar-refractivity contribution in [2.45, 2.75) is 19.4 Å². The summed E-state index contributed by atoms with van der Waals surface area (Å²) in [5, 5.41) is 0.700. The van der Waals surface area contributed by atoms with Crippen molar-refractivity contribution >= 4 is 23.3 Å². The van der Waals surface area contributed by atoms with Gasteiger partial charge in [-0.15, -0.1) is 12.4 Å². The van der Waals surface area contributed by atoms with E-state index < -0.39 is 11.6 Å². The third kappa shape index (κ3) is 2.33. The highest BCUT2D eigenvalue weighted by Gasteiger charge is 2.10. The lowest BCUT2D eigenvalue weighted by Crippen LogP contribution is -2.17. The van der Waals surface area contributed by atoms with Gasteiger partial charge in [0.05, 0.1) is 0 Å². The van der Waals surface area contributed by atoms with E-state index in [0.717, 1.165) is 11.6 Å². The van der Waals surface area contributed by atoms with Gasteiger partial charge in [0, 0.05) is 29.2 Å². The zero-order valence-electron chi connectivity index (χ0n) is 8.76. The van der Waals surface area contributed by atoms with Gasteiger partial charge < -0.3 is 10.7 Å². The number of hydrogen-bond donors (Lipinski definition) is 2. The first kappa shape index (κ1) is 12.9. The quantitative estimate of drug-likeness (QED) is 0.841. The fourth-order valence-corrected chi connectivity index (χ4v) is 1.69. The van der Waals surface area contributed by atoms with Crippen LogP contribution in [0.25, 0.3) is 10.9 Å². The van der Waals surface area contributed by atoms with Gasteiger partial charge in [0.2, 0.25) is 0 Å². The second-order valence-corrected chi connectivity index (χ2v) is 3.81. The summed E-state index contributed by atoms with van der Waals surface area (Å²) in [5.41, 5.74) is 7.18. The van der Waals surface area contributed by atoms with Crippen LogP contribution in [0, 0.1) is 11.6 Å². The summed E-state index contributed by atoms with van der Waals surface area (Å²) < 4.78 is 25.9. The minimum Gasteiger partial charge on any atom is -0.361 e. The highest BCUT2D eigenvalue weighted by Crippen LogP contribution is 2.22. The molecule has 2 nitrogen and oxygen atoms in total. The Kier molecular flexibility index (Phi) is 3.88. The number of rotatable bonds is 2. The third-order valence-corrected chi connectivity index (χ3v) is 2.35. The first-order chi connectivity index (χ1) is 7.08. The largest absolute Gasteiger partial charge is 0.361 e. The Morgan fingerprint density at radius 3 is 2.56 bits per heavy atom. The van der Waals surface area contributed by atoms with Crippen LogP contribution in [0.3, 0.4) is 0 Å². The third-order valence-electron chi connectivity index (χ3n) is 2.35. The molecule has 1 heterocycles. The molecule has 1 atom stereocenters. The monoisotopic (exact) mass is 246 g/mol. The molecule has 0 saturated carbocycles. The molecule has 2 rings (SSSR count). The van der Waals surface area contributed by atoms with Gasteiger partial charge in [0.15, 0.2) is 11.6 Å². The average molecular weight is 247 g/mol. The topological polar surface area (TPSA) is 41.8 Å². The van der Waals surface area contributed by atoms with E-state index in [1.807, 2.05) is 6.92 Å². The van der Waals surface area contributed by atoms with Crippen LogP contribution in [-0.2, 0) is 6.42 Å². The SMILES string of the molecule is CC(N)Cc1c[nH]c2cc(F)c(F)cc12.Cl. The minimum absolute atomic E-state index is 0. The summed E-state index contributed by atoms with van der Waals surface area (Å²) >= 11 is 0. The lowest BCUT2D eigenvalue weighted by molar-refractivity contribution is 0.511. The molecule has 1 aromatic carbocycles. The molecule has 0 aliphatic heterocycles. The Morgan fingerprint density at radius 1 is 1.31 bits per heavy atom. The minimum atomic E-state index is -0.836. The molecule has 0 bridgehead atoms. The maximum Gasteiger partial charge on any atom is 0.160 e. The van der Waals surface area contributed by atoms with Gasteiger partial charge in [-0.3, -0.25) is 0 Å². The molecule has 2 aromatic rings. The Balaban J connectivity index is 0.00000128. The Hall–Kier alpha value is -1.13. The molecule has 3 N–H and O–H groups in total. The Labute approximate surface area is 98.2 Å². The van der Waals surface area contributed by atoms with Crippen LogP contribution in [-0.4, -0.2) is 11.0 Å². The van der Waals surface area contributed by atoms with E-state index in [1.165, 1.54) is 6.07 Å². The Bertz CT molecular complexity index is 494. The lowest BCUT2D eigenvalue weighted by atomic mass is 10.1. The van der Waals surface area contributed by atoms with Crippen molar-refractivity contribution in [3.8, 4) is 0 Å². The number of hydrogen-bond acceptors (Lipinski definition) is 1. The predicted molar refractivity (Wildman–Crippen MR) is 62.8 cm³/mol. The lowest BCUT2D eigenvalue weighted by Gasteiger charge is -2.03. The van der Waals surface area contributed by atoms with Crippen molar-refractivity contribution in [3.63, 3.8) is 0 Å².